The summed E-state index contributed by atoms with van der Waals surface area (Å²) in [6.07, 6.45) is 6.42. The number of H-pyrrole nitrogens is 1. The molecule has 1 amide bonds. The topological polar surface area (TPSA) is 124 Å². The lowest BCUT2D eigenvalue weighted by Crippen LogP contribution is -2.43. The molecule has 0 radical (unpaired) electrons. The number of aromatic nitrogens is 2. The number of hydrogen-bond donors (Lipinski definition) is 2. The lowest BCUT2D eigenvalue weighted by Gasteiger charge is -2.25. The van der Waals surface area contributed by atoms with E-state index >= 15 is 0 Å². The summed E-state index contributed by atoms with van der Waals surface area (Å²) in [5.74, 6) is 1.49. The van der Waals surface area contributed by atoms with Crippen molar-refractivity contribution in [3.05, 3.63) is 50.4 Å². The third-order valence-corrected chi connectivity index (χ3v) is 6.74. The van der Waals surface area contributed by atoms with E-state index in [0.29, 0.717) is 24.6 Å². The van der Waals surface area contributed by atoms with Gasteiger partial charge in [0, 0.05) is 30.5 Å². The van der Waals surface area contributed by atoms with Crippen LogP contribution >= 0.6 is 0 Å². The zero-order chi connectivity index (χ0) is 25.8. The Hall–Kier alpha value is -3.49. The quantitative estimate of drug-likeness (QED) is 0.437. The Labute approximate surface area is 210 Å². The van der Waals surface area contributed by atoms with Crippen LogP contribution in [-0.2, 0) is 24.2 Å². The Morgan fingerprint density at radius 3 is 2.78 bits per heavy atom. The van der Waals surface area contributed by atoms with Gasteiger partial charge in [-0.05, 0) is 56.2 Å². The van der Waals surface area contributed by atoms with Crippen LogP contribution in [-0.4, -0.2) is 28.6 Å². The van der Waals surface area contributed by atoms with Gasteiger partial charge in [-0.1, -0.05) is 27.2 Å². The normalized spacial score (nSPS) is 13.2. The van der Waals surface area contributed by atoms with Gasteiger partial charge in [0.2, 0.25) is 0 Å². The fourth-order valence-corrected chi connectivity index (χ4v) is 4.68. The summed E-state index contributed by atoms with van der Waals surface area (Å²) in [7, 11) is 0. The Balaban J connectivity index is 1.60. The molecule has 0 fully saturated rings. The number of unbranched alkanes of at least 4 members (excludes halogenated alkanes) is 1. The van der Waals surface area contributed by atoms with Crippen LogP contribution in [0.25, 0.3) is 11.0 Å². The molecule has 0 aliphatic heterocycles. The number of nitrogens with one attached hydrogen (secondary N) is 1. The number of hydrogen-bond acceptors (Lipinski definition) is 6. The van der Waals surface area contributed by atoms with Gasteiger partial charge < -0.3 is 19.8 Å². The molecule has 3 N–H and O–H groups in total. The Morgan fingerprint density at radius 1 is 1.25 bits per heavy atom. The average molecular weight is 497 g/mol. The molecular weight excluding hydrogens is 460 g/mol. The summed E-state index contributed by atoms with van der Waals surface area (Å²) in [5.41, 5.74) is 7.10. The molecule has 0 saturated heterocycles. The van der Waals surface area contributed by atoms with E-state index < -0.39 is 17.2 Å². The summed E-state index contributed by atoms with van der Waals surface area (Å²) >= 11 is 0. The number of ether oxygens (including phenoxy) is 1. The first-order chi connectivity index (χ1) is 17.3. The molecule has 1 aliphatic rings. The molecule has 1 aromatic carbocycles. The predicted octanol–water partition coefficient (Wildman–Crippen LogP) is 4.00. The first-order valence-electron chi connectivity index (χ1n) is 12.9. The Bertz CT molecular complexity index is 1350. The maximum Gasteiger partial charge on any atom is 0.330 e. The van der Waals surface area contributed by atoms with E-state index in [4.69, 9.17) is 14.9 Å². The van der Waals surface area contributed by atoms with Gasteiger partial charge in [-0.2, -0.15) is 0 Å². The van der Waals surface area contributed by atoms with Crippen LogP contribution in [0, 0.1) is 5.92 Å². The number of furan rings is 1. The minimum Gasteiger partial charge on any atom is -0.484 e. The molecule has 0 saturated carbocycles. The smallest absolute Gasteiger partial charge is 0.330 e. The molecule has 0 atom stereocenters. The molecule has 2 aromatic heterocycles. The van der Waals surface area contributed by atoms with Gasteiger partial charge in [-0.15, -0.1) is 0 Å². The number of fused-ring (bicyclic) bond motifs is 3. The van der Waals surface area contributed by atoms with Gasteiger partial charge in [0.1, 0.15) is 22.9 Å². The molecule has 9 nitrogen and oxygen atoms in total. The second kappa shape index (κ2) is 11.1. The van der Waals surface area contributed by atoms with Gasteiger partial charge in [0.25, 0.3) is 11.5 Å². The number of nitrogen functional groups attached to an aromatic ring is 1. The summed E-state index contributed by atoms with van der Waals surface area (Å²) in [6.45, 7) is 6.46. The zero-order valence-corrected chi connectivity index (χ0v) is 21.4. The summed E-state index contributed by atoms with van der Waals surface area (Å²) in [5, 5.41) is 1.02. The lowest BCUT2D eigenvalue weighted by atomic mass is 9.96. The number of nitrogens with zero attached hydrogens (tertiary/aromatic N) is 2. The van der Waals surface area contributed by atoms with E-state index in [1.54, 1.807) is 6.07 Å². The largest absolute Gasteiger partial charge is 0.484 e. The van der Waals surface area contributed by atoms with E-state index in [-0.39, 0.29) is 24.7 Å². The van der Waals surface area contributed by atoms with Crippen LogP contribution < -0.4 is 26.6 Å². The summed E-state index contributed by atoms with van der Waals surface area (Å²) < 4.78 is 13.2. The second-order valence-electron chi connectivity index (χ2n) is 9.88. The van der Waals surface area contributed by atoms with Crippen LogP contribution in [0.1, 0.15) is 64.2 Å². The van der Waals surface area contributed by atoms with E-state index in [2.05, 4.69) is 4.98 Å². The number of rotatable bonds is 10. The van der Waals surface area contributed by atoms with Crippen LogP contribution in [0.15, 0.2) is 32.2 Å². The number of anilines is 2. The zero-order valence-electron chi connectivity index (χ0n) is 21.4. The monoisotopic (exact) mass is 496 g/mol. The van der Waals surface area contributed by atoms with Crippen molar-refractivity contribution in [2.75, 3.05) is 23.8 Å². The number of nitrogens with two attached hydrogens (primary N) is 1. The second-order valence-corrected chi connectivity index (χ2v) is 9.88. The van der Waals surface area contributed by atoms with Crippen molar-refractivity contribution in [2.45, 2.75) is 72.3 Å². The average Bonchev–Trinajstić information content (AvgIpc) is 3.22. The molecule has 0 unspecified atom stereocenters. The molecule has 4 rings (SSSR count). The van der Waals surface area contributed by atoms with Gasteiger partial charge in [-0.3, -0.25) is 19.1 Å². The molecular formula is C27H36N4O5. The highest BCUT2D eigenvalue weighted by molar-refractivity contribution is 5.96. The van der Waals surface area contributed by atoms with Crippen molar-refractivity contribution in [2.24, 2.45) is 5.92 Å². The van der Waals surface area contributed by atoms with E-state index in [1.807, 2.05) is 32.9 Å². The number of aromatic amines is 1. The van der Waals surface area contributed by atoms with Crippen LogP contribution in [0.2, 0.25) is 0 Å². The first kappa shape index (κ1) is 25.6. The first-order valence-corrected chi connectivity index (χ1v) is 12.9. The van der Waals surface area contributed by atoms with Crippen LogP contribution in [0.5, 0.6) is 5.75 Å². The number of benzene rings is 1. The van der Waals surface area contributed by atoms with Gasteiger partial charge >= 0.3 is 5.69 Å². The van der Waals surface area contributed by atoms with Crippen LogP contribution in [0.3, 0.4) is 0 Å². The third-order valence-electron chi connectivity index (χ3n) is 6.74. The SMILES string of the molecule is CCCCn1c(N)c(N(CCC(C)C)C(=O)COc2ccc3oc4c(c3c2)CCCC4)c(=O)[nH]c1=O. The van der Waals surface area contributed by atoms with E-state index in [1.165, 1.54) is 15.0 Å². The van der Waals surface area contributed by atoms with Crippen molar-refractivity contribution in [1.82, 2.24) is 9.55 Å². The maximum absolute atomic E-state index is 13.4. The minimum atomic E-state index is -0.672. The van der Waals surface area contributed by atoms with Gasteiger partial charge in [0.05, 0.1) is 0 Å². The molecule has 0 spiro atoms. The molecule has 36 heavy (non-hydrogen) atoms. The third kappa shape index (κ3) is 5.34. The molecule has 194 valence electrons. The molecule has 9 heteroatoms. The number of carbonyl (C=O) groups excluding carboxylic acids is 1. The number of aryl methyl sites for hydroxylation is 2. The van der Waals surface area contributed by atoms with Crippen LogP contribution in [0.4, 0.5) is 11.5 Å². The fourth-order valence-electron chi connectivity index (χ4n) is 4.68. The highest BCUT2D eigenvalue weighted by Crippen LogP contribution is 2.34. The van der Waals surface area contributed by atoms with E-state index in [9.17, 15) is 14.4 Å². The van der Waals surface area contributed by atoms with Crippen molar-refractivity contribution in [1.29, 1.82) is 0 Å². The Kier molecular flexibility index (Phi) is 7.86. The molecule has 0 bridgehead atoms. The lowest BCUT2D eigenvalue weighted by molar-refractivity contribution is -0.120. The molecule has 2 heterocycles. The van der Waals surface area contributed by atoms with Crippen molar-refractivity contribution in [3.63, 3.8) is 0 Å². The van der Waals surface area contributed by atoms with Crippen molar-refractivity contribution < 1.29 is 13.9 Å². The fraction of sp³-hybridized carbons (Fsp3) is 0.519. The minimum absolute atomic E-state index is 0.000639. The van der Waals surface area contributed by atoms with Crippen molar-refractivity contribution >= 4 is 28.4 Å². The summed E-state index contributed by atoms with van der Waals surface area (Å²) in [4.78, 5) is 42.2. The highest BCUT2D eigenvalue weighted by atomic mass is 16.5. The standard InChI is InChI=1S/C27H36N4O5/c1-4-5-13-31-25(28)24(26(33)29-27(31)34)30(14-12-17(2)3)23(32)16-35-18-10-11-22-20(15-18)19-8-6-7-9-21(19)36-22/h10-11,15,17H,4-9,12-14,16,28H2,1-3H3,(H,29,33,34). The van der Waals surface area contributed by atoms with Gasteiger partial charge in [-0.25, -0.2) is 4.79 Å². The predicted molar refractivity (Wildman–Crippen MR) is 141 cm³/mol. The molecule has 3 aromatic rings. The Morgan fingerprint density at radius 2 is 2.03 bits per heavy atom. The van der Waals surface area contributed by atoms with Crippen molar-refractivity contribution in [3.8, 4) is 5.75 Å². The number of amides is 1. The highest BCUT2D eigenvalue weighted by Gasteiger charge is 2.25. The summed E-state index contributed by atoms with van der Waals surface area (Å²) in [6, 6.07) is 5.58. The van der Waals surface area contributed by atoms with E-state index in [0.717, 1.165) is 55.3 Å². The number of carbonyl (C=O) groups is 1. The maximum atomic E-state index is 13.4. The molecule has 1 aliphatic carbocycles. The van der Waals surface area contributed by atoms with Gasteiger partial charge in [0.15, 0.2) is 12.3 Å².